The number of nitrogens with one attached hydrogen (secondary N) is 1. The number of rotatable bonds is 9. The van der Waals surface area contributed by atoms with Gasteiger partial charge in [-0.3, -0.25) is 0 Å². The molecule has 0 spiro atoms. The van der Waals surface area contributed by atoms with Gasteiger partial charge in [0.2, 0.25) is 11.6 Å². The van der Waals surface area contributed by atoms with Gasteiger partial charge in [0.15, 0.2) is 0 Å². The summed E-state index contributed by atoms with van der Waals surface area (Å²) >= 11 is 0. The number of nitrogens with zero attached hydrogens (tertiary/aromatic N) is 3. The number of aromatic nitrogens is 1. The fourth-order valence-electron chi connectivity index (χ4n) is 2.09. The molecule has 6 nitrogen and oxygen atoms in total. The van der Waals surface area contributed by atoms with Gasteiger partial charge in [0, 0.05) is 5.92 Å². The van der Waals surface area contributed by atoms with Crippen LogP contribution in [0.2, 0.25) is 0 Å². The third-order valence-electron chi connectivity index (χ3n) is 3.52. The summed E-state index contributed by atoms with van der Waals surface area (Å²) in [7, 11) is 0. The Morgan fingerprint density at radius 1 is 1.32 bits per heavy atom. The number of ether oxygens (including phenoxy) is 1. The van der Waals surface area contributed by atoms with Crippen LogP contribution < -0.4 is 10.2 Å². The molecule has 0 aliphatic carbocycles. The maximum Gasteiger partial charge on any atom is 0.252 e. The number of benzene rings is 1. The van der Waals surface area contributed by atoms with E-state index in [0.29, 0.717) is 5.89 Å². The minimum Gasteiger partial charge on any atom is -0.494 e. The van der Waals surface area contributed by atoms with Crippen molar-refractivity contribution >= 4 is 12.1 Å². The number of hydrogen-bond donors (Lipinski definition) is 1. The highest BCUT2D eigenvalue weighted by Crippen LogP contribution is 2.22. The summed E-state index contributed by atoms with van der Waals surface area (Å²) in [5.74, 6) is 1.73. The van der Waals surface area contributed by atoms with Gasteiger partial charge < -0.3 is 9.15 Å². The molecule has 0 fully saturated rings. The number of nitriles is 1. The highest BCUT2D eigenvalue weighted by atomic mass is 16.5. The number of hydrazone groups is 1. The number of unbranched alkanes of at least 4 members (excludes halogenated alkanes) is 2. The maximum atomic E-state index is 9.09. The smallest absolute Gasteiger partial charge is 0.252 e. The molecular formula is C19H24N4O2. The van der Waals surface area contributed by atoms with Crippen molar-refractivity contribution in [3.05, 3.63) is 41.4 Å². The molecule has 1 N–H and O–H groups in total. The molecule has 6 heteroatoms. The average molecular weight is 340 g/mol. The second-order valence-corrected chi connectivity index (χ2v) is 5.99. The molecule has 0 saturated carbocycles. The van der Waals surface area contributed by atoms with Crippen LogP contribution in [0.5, 0.6) is 5.75 Å². The van der Waals surface area contributed by atoms with Gasteiger partial charge in [0.05, 0.1) is 12.8 Å². The monoisotopic (exact) mass is 340 g/mol. The Bertz CT molecular complexity index is 727. The molecule has 1 aromatic carbocycles. The van der Waals surface area contributed by atoms with E-state index in [0.717, 1.165) is 24.3 Å². The highest BCUT2D eigenvalue weighted by Gasteiger charge is 2.14. The second kappa shape index (κ2) is 9.48. The van der Waals surface area contributed by atoms with Crippen molar-refractivity contribution in [3.8, 4) is 11.8 Å². The predicted molar refractivity (Wildman–Crippen MR) is 98.0 cm³/mol. The molecule has 0 atom stereocenters. The van der Waals surface area contributed by atoms with Crippen molar-refractivity contribution in [2.24, 2.45) is 5.10 Å². The van der Waals surface area contributed by atoms with Gasteiger partial charge in [-0.05, 0) is 36.2 Å². The first-order chi connectivity index (χ1) is 12.1. The summed E-state index contributed by atoms with van der Waals surface area (Å²) in [6, 6.07) is 9.67. The molecule has 0 unspecified atom stereocenters. The van der Waals surface area contributed by atoms with Crippen LogP contribution in [0, 0.1) is 11.3 Å². The van der Waals surface area contributed by atoms with Gasteiger partial charge in [-0.1, -0.05) is 33.6 Å². The standard InChI is InChI=1S/C19H24N4O2/c1-4-5-6-11-24-16-9-7-15(8-10-16)13-21-23-19-17(12-20)22-18(25-19)14(2)3/h7-10,13-14,23H,4-6,11H2,1-3H3. The first-order valence-corrected chi connectivity index (χ1v) is 8.56. The summed E-state index contributed by atoms with van der Waals surface area (Å²) in [5, 5.41) is 13.2. The van der Waals surface area contributed by atoms with Crippen molar-refractivity contribution < 1.29 is 9.15 Å². The molecule has 0 amide bonds. The molecule has 0 radical (unpaired) electrons. The molecule has 0 saturated heterocycles. The molecule has 0 aliphatic rings. The molecule has 0 bridgehead atoms. The van der Waals surface area contributed by atoms with Crippen molar-refractivity contribution in [3.63, 3.8) is 0 Å². The van der Waals surface area contributed by atoms with E-state index in [1.807, 2.05) is 44.2 Å². The van der Waals surface area contributed by atoms with E-state index in [4.69, 9.17) is 14.4 Å². The third kappa shape index (κ3) is 5.64. The fraction of sp³-hybridized carbons (Fsp3) is 0.421. The molecule has 132 valence electrons. The maximum absolute atomic E-state index is 9.09. The SMILES string of the molecule is CCCCCOc1ccc(C=NNc2oc(C(C)C)nc2C#N)cc1. The van der Waals surface area contributed by atoms with Crippen LogP contribution in [0.1, 0.15) is 63.1 Å². The summed E-state index contributed by atoms with van der Waals surface area (Å²) < 4.78 is 11.2. The van der Waals surface area contributed by atoms with E-state index in [1.165, 1.54) is 12.8 Å². The van der Waals surface area contributed by atoms with Crippen molar-refractivity contribution in [1.29, 1.82) is 5.26 Å². The van der Waals surface area contributed by atoms with Gasteiger partial charge in [-0.15, -0.1) is 0 Å². The molecule has 2 aromatic rings. The minimum atomic E-state index is 0.108. The number of hydrogen-bond acceptors (Lipinski definition) is 6. The minimum absolute atomic E-state index is 0.108. The predicted octanol–water partition coefficient (Wildman–Crippen LogP) is 4.68. The molecule has 25 heavy (non-hydrogen) atoms. The Labute approximate surface area is 148 Å². The van der Waals surface area contributed by atoms with Crippen LogP contribution in [0.3, 0.4) is 0 Å². The van der Waals surface area contributed by atoms with Gasteiger partial charge >= 0.3 is 0 Å². The Morgan fingerprint density at radius 2 is 2.08 bits per heavy atom. The largest absolute Gasteiger partial charge is 0.494 e. The van der Waals surface area contributed by atoms with Crippen LogP contribution in [0.15, 0.2) is 33.8 Å². The third-order valence-corrected chi connectivity index (χ3v) is 3.52. The highest BCUT2D eigenvalue weighted by molar-refractivity contribution is 5.80. The number of anilines is 1. The number of oxazole rings is 1. The Balaban J connectivity index is 1.91. The van der Waals surface area contributed by atoms with E-state index in [2.05, 4.69) is 22.4 Å². The van der Waals surface area contributed by atoms with Crippen molar-refractivity contribution in [2.45, 2.75) is 46.0 Å². The summed E-state index contributed by atoms with van der Waals surface area (Å²) in [5.41, 5.74) is 3.86. The van der Waals surface area contributed by atoms with E-state index in [1.54, 1.807) is 6.21 Å². The lowest BCUT2D eigenvalue weighted by Crippen LogP contribution is -1.97. The zero-order valence-corrected chi connectivity index (χ0v) is 15.0. The molecule has 2 rings (SSSR count). The average Bonchev–Trinajstić information content (AvgIpc) is 3.03. The molecule has 1 aromatic heterocycles. The van der Waals surface area contributed by atoms with Gasteiger partial charge in [0.1, 0.15) is 11.8 Å². The van der Waals surface area contributed by atoms with E-state index in [-0.39, 0.29) is 17.5 Å². The van der Waals surface area contributed by atoms with Crippen molar-refractivity contribution in [1.82, 2.24) is 4.98 Å². The Morgan fingerprint density at radius 3 is 2.72 bits per heavy atom. The Kier molecular flexibility index (Phi) is 7.02. The van der Waals surface area contributed by atoms with Crippen molar-refractivity contribution in [2.75, 3.05) is 12.0 Å². The van der Waals surface area contributed by atoms with Crippen LogP contribution in [-0.2, 0) is 0 Å². The first kappa shape index (κ1) is 18.5. The van der Waals surface area contributed by atoms with E-state index in [9.17, 15) is 0 Å². The lowest BCUT2D eigenvalue weighted by atomic mass is 10.2. The summed E-state index contributed by atoms with van der Waals surface area (Å²) in [4.78, 5) is 4.13. The first-order valence-electron chi connectivity index (χ1n) is 8.56. The summed E-state index contributed by atoms with van der Waals surface area (Å²) in [6.45, 7) is 6.81. The van der Waals surface area contributed by atoms with E-state index >= 15 is 0 Å². The Hall–Kier alpha value is -2.81. The fourth-order valence-corrected chi connectivity index (χ4v) is 2.09. The topological polar surface area (TPSA) is 83.4 Å². The lowest BCUT2D eigenvalue weighted by molar-refractivity contribution is 0.306. The second-order valence-electron chi connectivity index (χ2n) is 5.99. The molecule has 0 aliphatic heterocycles. The van der Waals surface area contributed by atoms with Crippen LogP contribution >= 0.6 is 0 Å². The van der Waals surface area contributed by atoms with Gasteiger partial charge in [-0.25, -0.2) is 10.4 Å². The van der Waals surface area contributed by atoms with Crippen LogP contribution in [-0.4, -0.2) is 17.8 Å². The van der Waals surface area contributed by atoms with Gasteiger partial charge in [-0.2, -0.15) is 10.4 Å². The molecular weight excluding hydrogens is 316 g/mol. The van der Waals surface area contributed by atoms with Crippen LogP contribution in [0.4, 0.5) is 5.88 Å². The quantitative estimate of drug-likeness (QED) is 0.407. The van der Waals surface area contributed by atoms with Gasteiger partial charge in [0.25, 0.3) is 5.88 Å². The normalized spacial score (nSPS) is 11.0. The van der Waals surface area contributed by atoms with Crippen LogP contribution in [0.25, 0.3) is 0 Å². The zero-order chi connectivity index (χ0) is 18.1. The summed E-state index contributed by atoms with van der Waals surface area (Å²) in [6.07, 6.45) is 5.09. The lowest BCUT2D eigenvalue weighted by Gasteiger charge is -2.05. The molecule has 1 heterocycles. The van der Waals surface area contributed by atoms with E-state index < -0.39 is 0 Å². The zero-order valence-electron chi connectivity index (χ0n) is 15.0.